The van der Waals surface area contributed by atoms with Crippen LogP contribution in [0.25, 0.3) is 0 Å². The summed E-state index contributed by atoms with van der Waals surface area (Å²) in [5.74, 6) is -0.700. The number of fused-ring (bicyclic) bond motifs is 1. The summed E-state index contributed by atoms with van der Waals surface area (Å²) in [6.07, 6.45) is -5.86. The highest BCUT2D eigenvalue weighted by atomic mass is 35.5. The molecule has 6 nitrogen and oxygen atoms in total. The van der Waals surface area contributed by atoms with Crippen LogP contribution in [0.3, 0.4) is 0 Å². The third kappa shape index (κ3) is 6.51. The Kier molecular flexibility index (Phi) is 7.91. The fraction of sp³-hybridized carbons (Fsp3) is 0.160. The Hall–Kier alpha value is -3.34. The number of benzodiazepines with no additional fused rings is 1. The number of carbonyl (C=O) groups is 1. The van der Waals surface area contributed by atoms with Crippen LogP contribution in [0.2, 0.25) is 10.0 Å². The topological polar surface area (TPSA) is 66.0 Å². The van der Waals surface area contributed by atoms with Gasteiger partial charge in [0, 0.05) is 34.8 Å². The maximum Gasteiger partial charge on any atom is 0.573 e. The van der Waals surface area contributed by atoms with Gasteiger partial charge < -0.3 is 20.3 Å². The monoisotopic (exact) mass is 566 g/mol. The highest BCUT2D eigenvalue weighted by molar-refractivity contribution is 7.80. The van der Waals surface area contributed by atoms with E-state index in [0.717, 1.165) is 0 Å². The summed E-state index contributed by atoms with van der Waals surface area (Å²) >= 11 is 18.1. The molecule has 12 heteroatoms. The summed E-state index contributed by atoms with van der Waals surface area (Å²) in [6.45, 7) is 0.186. The van der Waals surface area contributed by atoms with E-state index < -0.39 is 12.5 Å². The fourth-order valence-electron chi connectivity index (χ4n) is 3.67. The highest BCUT2D eigenvalue weighted by Crippen LogP contribution is 2.32. The van der Waals surface area contributed by atoms with Gasteiger partial charge in [-0.2, -0.15) is 0 Å². The average Bonchev–Trinajstić information content (AvgIpc) is 2.93. The summed E-state index contributed by atoms with van der Waals surface area (Å²) in [4.78, 5) is 19.5. The number of hydrogen-bond donors (Lipinski definition) is 2. The van der Waals surface area contributed by atoms with Crippen LogP contribution in [0, 0.1) is 0 Å². The van der Waals surface area contributed by atoms with Gasteiger partial charge in [-0.15, -0.1) is 13.2 Å². The van der Waals surface area contributed by atoms with Crippen LogP contribution in [0.15, 0.2) is 71.7 Å². The van der Waals surface area contributed by atoms with E-state index in [9.17, 15) is 18.0 Å². The molecule has 192 valence electrons. The van der Waals surface area contributed by atoms with Gasteiger partial charge in [-0.3, -0.25) is 4.79 Å². The number of nitrogens with one attached hydrogen (secondary N) is 2. The van der Waals surface area contributed by atoms with Crippen molar-refractivity contribution in [2.45, 2.75) is 19.1 Å². The van der Waals surface area contributed by atoms with E-state index in [1.54, 1.807) is 43.4 Å². The lowest BCUT2D eigenvalue weighted by Crippen LogP contribution is -2.49. The van der Waals surface area contributed by atoms with Crippen molar-refractivity contribution >= 4 is 57.8 Å². The third-order valence-electron chi connectivity index (χ3n) is 5.40. The number of hydrogen-bond acceptors (Lipinski definition) is 4. The number of thiocarbonyl (C=S) groups is 1. The van der Waals surface area contributed by atoms with Gasteiger partial charge in [-0.25, -0.2) is 4.99 Å². The van der Waals surface area contributed by atoms with Crippen LogP contribution in [0.1, 0.15) is 16.7 Å². The molecule has 0 saturated heterocycles. The van der Waals surface area contributed by atoms with Crippen molar-refractivity contribution in [1.29, 1.82) is 0 Å². The lowest BCUT2D eigenvalue weighted by atomic mass is 10.00. The van der Waals surface area contributed by atoms with Gasteiger partial charge in [0.15, 0.2) is 5.11 Å². The second kappa shape index (κ2) is 11.0. The Morgan fingerprint density at radius 3 is 2.46 bits per heavy atom. The molecule has 1 unspecified atom stereocenters. The zero-order valence-electron chi connectivity index (χ0n) is 19.1. The van der Waals surface area contributed by atoms with Gasteiger partial charge in [-0.05, 0) is 54.2 Å². The molecular weight excluding hydrogens is 548 g/mol. The zero-order valence-corrected chi connectivity index (χ0v) is 21.5. The Morgan fingerprint density at radius 1 is 1.08 bits per heavy atom. The van der Waals surface area contributed by atoms with E-state index in [2.05, 4.69) is 20.4 Å². The van der Waals surface area contributed by atoms with Crippen LogP contribution >= 0.6 is 35.4 Å². The van der Waals surface area contributed by atoms with Gasteiger partial charge in [-0.1, -0.05) is 53.5 Å². The van der Waals surface area contributed by atoms with Crippen molar-refractivity contribution in [1.82, 2.24) is 10.6 Å². The van der Waals surface area contributed by atoms with Crippen molar-refractivity contribution in [3.63, 3.8) is 0 Å². The predicted octanol–water partition coefficient (Wildman–Crippen LogP) is 5.70. The van der Waals surface area contributed by atoms with Crippen LogP contribution < -0.4 is 20.3 Å². The third-order valence-corrected chi connectivity index (χ3v) is 6.23. The Balaban J connectivity index is 1.55. The van der Waals surface area contributed by atoms with Gasteiger partial charge in [0.25, 0.3) is 5.91 Å². The van der Waals surface area contributed by atoms with E-state index in [0.29, 0.717) is 38.1 Å². The molecule has 0 fully saturated rings. The average molecular weight is 567 g/mol. The van der Waals surface area contributed by atoms with E-state index in [4.69, 9.17) is 35.4 Å². The summed E-state index contributed by atoms with van der Waals surface area (Å²) in [7, 11) is 1.62. The minimum absolute atomic E-state index is 0.119. The Bertz CT molecular complexity index is 1370. The summed E-state index contributed by atoms with van der Waals surface area (Å²) in [5.41, 5.74) is 2.94. The van der Waals surface area contributed by atoms with Crippen LogP contribution in [0.5, 0.6) is 5.75 Å². The molecule has 4 rings (SSSR count). The van der Waals surface area contributed by atoms with Gasteiger partial charge in [0.1, 0.15) is 5.75 Å². The molecule has 3 aromatic rings. The second-order valence-electron chi connectivity index (χ2n) is 7.94. The minimum atomic E-state index is -4.77. The lowest BCUT2D eigenvalue weighted by Gasteiger charge is -2.22. The van der Waals surface area contributed by atoms with Gasteiger partial charge in [0.05, 0.1) is 11.4 Å². The van der Waals surface area contributed by atoms with Crippen molar-refractivity contribution < 1.29 is 22.7 Å². The molecule has 1 heterocycles. The fourth-order valence-corrected chi connectivity index (χ4v) is 4.26. The second-order valence-corrected chi connectivity index (χ2v) is 9.19. The molecule has 3 aromatic carbocycles. The van der Waals surface area contributed by atoms with E-state index in [-0.39, 0.29) is 23.3 Å². The number of ether oxygens (including phenoxy) is 1. The summed E-state index contributed by atoms with van der Waals surface area (Å²) in [6, 6.07) is 17.6. The molecule has 0 radical (unpaired) electrons. The number of aliphatic imine (C=N–C) groups is 1. The number of rotatable bonds is 5. The zero-order chi connectivity index (χ0) is 26.7. The maximum atomic E-state index is 13.3. The summed E-state index contributed by atoms with van der Waals surface area (Å²) < 4.78 is 40.9. The first-order chi connectivity index (χ1) is 17.5. The molecule has 0 bridgehead atoms. The number of halogens is 5. The molecule has 2 N–H and O–H groups in total. The highest BCUT2D eigenvalue weighted by Gasteiger charge is 2.32. The minimum Gasteiger partial charge on any atom is -0.406 e. The van der Waals surface area contributed by atoms with Gasteiger partial charge >= 0.3 is 6.36 Å². The number of benzene rings is 3. The van der Waals surface area contributed by atoms with Crippen LogP contribution in [-0.2, 0) is 11.3 Å². The molecule has 1 amide bonds. The van der Waals surface area contributed by atoms with Crippen molar-refractivity contribution in [2.24, 2.45) is 4.99 Å². The van der Waals surface area contributed by atoms with Crippen molar-refractivity contribution in [2.75, 3.05) is 11.9 Å². The number of carbonyl (C=O) groups excluding carboxylic acids is 1. The maximum absolute atomic E-state index is 13.3. The van der Waals surface area contributed by atoms with E-state index >= 15 is 0 Å². The molecule has 1 atom stereocenters. The standard InChI is InChI=1S/C25H19Cl2F3N4O2S/c1-34-20-11-8-15(26)12-18(20)21(17-4-2-3-5-19(17)27)32-22(23(34)35)33-24(37)31-13-14-6-9-16(10-7-14)36-25(28,29)30/h2-12,22H,13H2,1H3,(H2,31,33,37). The number of nitrogens with zero attached hydrogens (tertiary/aromatic N) is 2. The molecule has 1 aliphatic heterocycles. The molecule has 0 aliphatic carbocycles. The first-order valence-corrected chi connectivity index (χ1v) is 12.0. The smallest absolute Gasteiger partial charge is 0.406 e. The predicted molar refractivity (Wildman–Crippen MR) is 141 cm³/mol. The molecule has 1 aliphatic rings. The quantitative estimate of drug-likeness (QED) is 0.388. The normalized spacial score (nSPS) is 15.4. The molecule has 37 heavy (non-hydrogen) atoms. The van der Waals surface area contributed by atoms with E-state index in [1.807, 2.05) is 6.07 Å². The molecule has 0 saturated carbocycles. The first kappa shape index (κ1) is 26.7. The van der Waals surface area contributed by atoms with Crippen molar-refractivity contribution in [3.8, 4) is 5.75 Å². The van der Waals surface area contributed by atoms with Crippen LogP contribution in [0.4, 0.5) is 18.9 Å². The van der Waals surface area contributed by atoms with Gasteiger partial charge in [0.2, 0.25) is 6.17 Å². The number of likely N-dealkylation sites (N-methyl/N-ethyl adjacent to an activating group) is 1. The molecule has 0 aromatic heterocycles. The Labute approximate surface area is 226 Å². The number of anilines is 1. The Morgan fingerprint density at radius 2 is 1.78 bits per heavy atom. The molecular formula is C25H19Cl2F3N4O2S. The summed E-state index contributed by atoms with van der Waals surface area (Å²) in [5, 5.41) is 6.88. The number of alkyl halides is 3. The first-order valence-electron chi connectivity index (χ1n) is 10.8. The van der Waals surface area contributed by atoms with Crippen molar-refractivity contribution in [3.05, 3.63) is 93.5 Å². The van der Waals surface area contributed by atoms with E-state index in [1.165, 1.54) is 29.2 Å². The SMILES string of the molecule is CN1C(=O)C(NC(=S)NCc2ccc(OC(F)(F)F)cc2)N=C(c2ccccc2Cl)c2cc(Cl)ccc21. The largest absolute Gasteiger partial charge is 0.573 e. The lowest BCUT2D eigenvalue weighted by molar-refractivity contribution is -0.274. The number of amides is 1. The van der Waals surface area contributed by atoms with Crippen LogP contribution in [-0.4, -0.2) is 36.3 Å². The molecule has 0 spiro atoms.